The summed E-state index contributed by atoms with van der Waals surface area (Å²) in [4.78, 5) is 28.8. The fourth-order valence-corrected chi connectivity index (χ4v) is 6.50. The Morgan fingerprint density at radius 1 is 0.974 bits per heavy atom. The van der Waals surface area contributed by atoms with E-state index in [1.165, 1.54) is 17.0 Å². The SMILES string of the molecule is Cc1ccc(Cl)cc1N(CC(=O)N(Cc1ccccc1)C(C)C(=O)NC1CCCC1)S(=O)(=O)c1ccccc1. The molecular weight excluding hydrogens is 534 g/mol. The van der Waals surface area contributed by atoms with Crippen molar-refractivity contribution in [3.8, 4) is 0 Å². The molecule has 0 bridgehead atoms. The van der Waals surface area contributed by atoms with E-state index in [2.05, 4.69) is 5.32 Å². The van der Waals surface area contributed by atoms with Crippen LogP contribution in [0.4, 0.5) is 5.69 Å². The van der Waals surface area contributed by atoms with Crippen LogP contribution in [0.3, 0.4) is 0 Å². The van der Waals surface area contributed by atoms with Crippen molar-refractivity contribution >= 4 is 39.1 Å². The summed E-state index contributed by atoms with van der Waals surface area (Å²) in [6.07, 6.45) is 3.97. The molecule has 0 radical (unpaired) electrons. The van der Waals surface area contributed by atoms with E-state index in [1.807, 2.05) is 30.3 Å². The number of anilines is 1. The summed E-state index contributed by atoms with van der Waals surface area (Å²) in [5.41, 5.74) is 1.79. The van der Waals surface area contributed by atoms with E-state index in [9.17, 15) is 18.0 Å². The van der Waals surface area contributed by atoms with Gasteiger partial charge in [-0.1, -0.05) is 79.0 Å². The number of halogens is 1. The third kappa shape index (κ3) is 6.99. The highest BCUT2D eigenvalue weighted by atomic mass is 35.5. The molecular formula is C30H34ClN3O4S. The predicted molar refractivity (Wildman–Crippen MR) is 154 cm³/mol. The minimum absolute atomic E-state index is 0.0545. The topological polar surface area (TPSA) is 86.8 Å². The van der Waals surface area contributed by atoms with Crippen molar-refractivity contribution in [3.63, 3.8) is 0 Å². The van der Waals surface area contributed by atoms with E-state index in [4.69, 9.17) is 11.6 Å². The molecule has 3 aromatic carbocycles. The van der Waals surface area contributed by atoms with Crippen LogP contribution in [0.2, 0.25) is 5.02 Å². The molecule has 1 fully saturated rings. The van der Waals surface area contributed by atoms with E-state index in [0.717, 1.165) is 35.6 Å². The number of hydrogen-bond acceptors (Lipinski definition) is 4. The number of nitrogens with zero attached hydrogens (tertiary/aromatic N) is 2. The summed E-state index contributed by atoms with van der Waals surface area (Å²) < 4.78 is 28.8. The first-order valence-electron chi connectivity index (χ1n) is 13.1. The molecule has 1 unspecified atom stereocenters. The van der Waals surface area contributed by atoms with E-state index < -0.39 is 28.5 Å². The lowest BCUT2D eigenvalue weighted by molar-refractivity contribution is -0.139. The van der Waals surface area contributed by atoms with Crippen molar-refractivity contribution in [2.45, 2.75) is 63.1 Å². The largest absolute Gasteiger partial charge is 0.352 e. The lowest BCUT2D eigenvalue weighted by atomic mass is 10.1. The highest BCUT2D eigenvalue weighted by Gasteiger charge is 2.33. The molecule has 2 amide bonds. The average molecular weight is 568 g/mol. The molecule has 0 aliphatic heterocycles. The van der Waals surface area contributed by atoms with Gasteiger partial charge in [-0.3, -0.25) is 13.9 Å². The number of benzene rings is 3. The highest BCUT2D eigenvalue weighted by Crippen LogP contribution is 2.30. The standard InChI is InChI=1S/C30H34ClN3O4S/c1-22-17-18-25(31)19-28(22)34(39(37,38)27-15-7-4-8-16-27)21-29(35)33(20-24-11-5-3-6-12-24)23(2)30(36)32-26-13-9-10-14-26/h3-8,11-12,15-19,23,26H,9-10,13-14,20-21H2,1-2H3,(H,32,36). The van der Waals surface area contributed by atoms with Crippen LogP contribution >= 0.6 is 11.6 Å². The van der Waals surface area contributed by atoms with Gasteiger partial charge in [-0.25, -0.2) is 8.42 Å². The first-order chi connectivity index (χ1) is 18.7. The van der Waals surface area contributed by atoms with Gasteiger partial charge in [0.1, 0.15) is 12.6 Å². The molecule has 0 heterocycles. The number of sulfonamides is 1. The molecule has 1 N–H and O–H groups in total. The fraction of sp³-hybridized carbons (Fsp3) is 0.333. The minimum atomic E-state index is -4.13. The van der Waals surface area contributed by atoms with Crippen molar-refractivity contribution in [2.75, 3.05) is 10.8 Å². The van der Waals surface area contributed by atoms with Crippen LogP contribution in [0.15, 0.2) is 83.8 Å². The van der Waals surface area contributed by atoms with Crippen LogP contribution in [0.5, 0.6) is 0 Å². The number of carbonyl (C=O) groups excluding carboxylic acids is 2. The Morgan fingerprint density at radius 3 is 2.23 bits per heavy atom. The fourth-order valence-electron chi connectivity index (χ4n) is 4.84. The van der Waals surface area contributed by atoms with Crippen LogP contribution < -0.4 is 9.62 Å². The van der Waals surface area contributed by atoms with Crippen molar-refractivity contribution in [3.05, 3.63) is 95.0 Å². The first-order valence-corrected chi connectivity index (χ1v) is 15.0. The zero-order chi connectivity index (χ0) is 28.0. The number of carbonyl (C=O) groups is 2. The van der Waals surface area contributed by atoms with Gasteiger partial charge in [0, 0.05) is 17.6 Å². The van der Waals surface area contributed by atoms with Crippen LogP contribution in [0, 0.1) is 6.92 Å². The lowest BCUT2D eigenvalue weighted by Crippen LogP contribution is -2.52. The average Bonchev–Trinajstić information content (AvgIpc) is 3.45. The predicted octanol–water partition coefficient (Wildman–Crippen LogP) is 5.32. The first kappa shape index (κ1) is 28.6. The third-order valence-electron chi connectivity index (χ3n) is 7.11. The Labute approximate surface area is 235 Å². The molecule has 7 nitrogen and oxygen atoms in total. The van der Waals surface area contributed by atoms with E-state index in [-0.39, 0.29) is 23.4 Å². The second-order valence-electron chi connectivity index (χ2n) is 9.93. The molecule has 1 atom stereocenters. The van der Waals surface area contributed by atoms with Crippen molar-refractivity contribution in [1.82, 2.24) is 10.2 Å². The number of aryl methyl sites for hydroxylation is 1. The molecule has 1 aliphatic carbocycles. The number of hydrogen-bond donors (Lipinski definition) is 1. The monoisotopic (exact) mass is 567 g/mol. The van der Waals surface area contributed by atoms with Gasteiger partial charge in [0.05, 0.1) is 10.6 Å². The zero-order valence-corrected chi connectivity index (χ0v) is 23.8. The molecule has 0 aromatic heterocycles. The Morgan fingerprint density at radius 2 is 1.59 bits per heavy atom. The summed E-state index contributed by atoms with van der Waals surface area (Å²) >= 11 is 6.27. The maximum absolute atomic E-state index is 14.0. The zero-order valence-electron chi connectivity index (χ0n) is 22.2. The second kappa shape index (κ2) is 12.7. The molecule has 39 heavy (non-hydrogen) atoms. The van der Waals surface area contributed by atoms with Gasteiger partial charge in [0.25, 0.3) is 10.0 Å². The Balaban J connectivity index is 1.70. The Bertz CT molecular complexity index is 1390. The van der Waals surface area contributed by atoms with E-state index in [0.29, 0.717) is 16.3 Å². The van der Waals surface area contributed by atoms with Crippen molar-refractivity contribution < 1.29 is 18.0 Å². The number of rotatable bonds is 10. The maximum atomic E-state index is 14.0. The minimum Gasteiger partial charge on any atom is -0.352 e. The lowest BCUT2D eigenvalue weighted by Gasteiger charge is -2.33. The van der Waals surface area contributed by atoms with Crippen LogP contribution in [0.1, 0.15) is 43.7 Å². The van der Waals surface area contributed by atoms with Crippen LogP contribution in [-0.4, -0.2) is 43.8 Å². The molecule has 0 saturated heterocycles. The number of nitrogens with one attached hydrogen (secondary N) is 1. The van der Waals surface area contributed by atoms with Crippen molar-refractivity contribution in [1.29, 1.82) is 0 Å². The summed E-state index contributed by atoms with van der Waals surface area (Å²) in [5, 5.41) is 3.42. The number of amides is 2. The summed E-state index contributed by atoms with van der Waals surface area (Å²) in [6, 6.07) is 21.6. The van der Waals surface area contributed by atoms with Gasteiger partial charge in [-0.15, -0.1) is 0 Å². The molecule has 1 aliphatic rings. The highest BCUT2D eigenvalue weighted by molar-refractivity contribution is 7.92. The normalized spacial score (nSPS) is 14.5. The van der Waals surface area contributed by atoms with Gasteiger partial charge >= 0.3 is 0 Å². The smallest absolute Gasteiger partial charge is 0.264 e. The molecule has 3 aromatic rings. The van der Waals surface area contributed by atoms with Gasteiger partial charge in [0.2, 0.25) is 11.8 Å². The maximum Gasteiger partial charge on any atom is 0.264 e. The molecule has 1 saturated carbocycles. The molecule has 0 spiro atoms. The second-order valence-corrected chi connectivity index (χ2v) is 12.2. The summed E-state index contributed by atoms with van der Waals surface area (Å²) in [5.74, 6) is -0.741. The molecule has 206 valence electrons. The molecule has 9 heteroatoms. The van der Waals surface area contributed by atoms with Crippen molar-refractivity contribution in [2.24, 2.45) is 0 Å². The summed E-state index contributed by atoms with van der Waals surface area (Å²) in [6.45, 7) is 3.12. The Hall–Kier alpha value is -3.36. The third-order valence-corrected chi connectivity index (χ3v) is 9.12. The molecule has 4 rings (SSSR count). The summed E-state index contributed by atoms with van der Waals surface area (Å²) in [7, 11) is -4.13. The Kier molecular flexibility index (Phi) is 9.30. The van der Waals surface area contributed by atoms with Gasteiger partial charge < -0.3 is 10.2 Å². The quantitative estimate of drug-likeness (QED) is 0.359. The van der Waals surface area contributed by atoms with Gasteiger partial charge in [-0.05, 0) is 62.1 Å². The van der Waals surface area contributed by atoms with E-state index >= 15 is 0 Å². The van der Waals surface area contributed by atoms with Gasteiger partial charge in [0.15, 0.2) is 0 Å². The van der Waals surface area contributed by atoms with Crippen LogP contribution in [0.25, 0.3) is 0 Å². The van der Waals surface area contributed by atoms with E-state index in [1.54, 1.807) is 50.2 Å². The van der Waals surface area contributed by atoms with Gasteiger partial charge in [-0.2, -0.15) is 0 Å². The van der Waals surface area contributed by atoms with Crippen LogP contribution in [-0.2, 0) is 26.2 Å².